The molecule has 2 amide bonds. The number of nitrogens with zero attached hydrogens (tertiary/aromatic N) is 2. The number of amides is 2. The highest BCUT2D eigenvalue weighted by Gasteiger charge is 2.40. The first kappa shape index (κ1) is 30.3. The Morgan fingerprint density at radius 2 is 1.89 bits per heavy atom. The number of pyridine rings is 1. The average molecular weight is 553 g/mol. The predicted octanol–water partition coefficient (Wildman–Crippen LogP) is 3.35. The third-order valence-corrected chi connectivity index (χ3v) is 9.42. The summed E-state index contributed by atoms with van der Waals surface area (Å²) in [4.78, 5) is 30.1. The van der Waals surface area contributed by atoms with Crippen LogP contribution >= 0.6 is 0 Å². The Kier molecular flexibility index (Phi) is 9.81. The Bertz CT molecular complexity index is 1050. The van der Waals surface area contributed by atoms with E-state index in [-0.39, 0.29) is 17.0 Å². The summed E-state index contributed by atoms with van der Waals surface area (Å²) in [6, 6.07) is 2.77. The van der Waals surface area contributed by atoms with Crippen LogP contribution in [-0.4, -0.2) is 71.2 Å². The van der Waals surface area contributed by atoms with Gasteiger partial charge in [0.15, 0.2) is 5.03 Å². The summed E-state index contributed by atoms with van der Waals surface area (Å²) in [7, 11) is -3.92. The number of carbonyl (C=O) groups excluding carboxylic acids is 2. The van der Waals surface area contributed by atoms with E-state index >= 15 is 0 Å². The highest BCUT2D eigenvalue weighted by Crippen LogP contribution is 2.39. The number of carbonyl (C=O) groups is 2. The molecule has 11 heteroatoms. The summed E-state index contributed by atoms with van der Waals surface area (Å²) in [5.41, 5.74) is -0.810. The summed E-state index contributed by atoms with van der Waals surface area (Å²) in [5.74, 6) is -0.402. The van der Waals surface area contributed by atoms with E-state index in [2.05, 4.69) is 22.5 Å². The molecule has 1 aliphatic carbocycles. The standard InChI is InChI=1S/C27H44N4O6S/c1-19-12-13-20(22(32)18-31(19)38(35,36)23-11-7-10-16-28-23)29-24(33)21(30-25(34)37-26(2,3)4)17-27(5)14-8-6-9-15-27/h7,10-11,16,19-22,32H,6,8-9,12-15,17-18H2,1-5H3,(H,29,33)(H,30,34)/t19-,20+,21?,22+/m1/s1. The zero-order valence-electron chi connectivity index (χ0n) is 23.3. The van der Waals surface area contributed by atoms with E-state index in [1.165, 1.54) is 16.6 Å². The van der Waals surface area contributed by atoms with Crippen molar-refractivity contribution >= 4 is 22.0 Å². The second-order valence-electron chi connectivity index (χ2n) is 12.1. The molecule has 1 unspecified atom stereocenters. The van der Waals surface area contributed by atoms with Crippen LogP contribution in [0.2, 0.25) is 0 Å². The highest BCUT2D eigenvalue weighted by atomic mass is 32.2. The summed E-state index contributed by atoms with van der Waals surface area (Å²) in [5, 5.41) is 16.6. The lowest BCUT2D eigenvalue weighted by Crippen LogP contribution is -2.55. The van der Waals surface area contributed by atoms with E-state index in [1.54, 1.807) is 39.8 Å². The second-order valence-corrected chi connectivity index (χ2v) is 14.0. The van der Waals surface area contributed by atoms with Gasteiger partial charge in [0.2, 0.25) is 5.91 Å². The Hall–Kier alpha value is -2.24. The van der Waals surface area contributed by atoms with Crippen LogP contribution in [0.4, 0.5) is 4.79 Å². The molecule has 1 aromatic heterocycles. The van der Waals surface area contributed by atoms with Crippen molar-refractivity contribution in [2.75, 3.05) is 6.54 Å². The fourth-order valence-electron chi connectivity index (χ4n) is 5.42. The van der Waals surface area contributed by atoms with Gasteiger partial charge in [-0.25, -0.2) is 18.2 Å². The quantitative estimate of drug-likeness (QED) is 0.472. The second kappa shape index (κ2) is 12.3. The molecule has 0 aromatic carbocycles. The number of hydrogen-bond donors (Lipinski definition) is 3. The molecule has 214 valence electrons. The zero-order chi connectivity index (χ0) is 28.1. The largest absolute Gasteiger partial charge is 0.444 e. The minimum Gasteiger partial charge on any atom is -0.444 e. The van der Waals surface area contributed by atoms with Crippen molar-refractivity contribution in [2.24, 2.45) is 5.41 Å². The Balaban J connectivity index is 1.74. The first-order chi connectivity index (χ1) is 17.7. The smallest absolute Gasteiger partial charge is 0.408 e. The van der Waals surface area contributed by atoms with Gasteiger partial charge < -0.3 is 20.5 Å². The lowest BCUT2D eigenvalue weighted by atomic mass is 9.71. The Morgan fingerprint density at radius 3 is 2.50 bits per heavy atom. The molecular formula is C27H44N4O6S. The number of aliphatic hydroxyl groups is 1. The molecule has 1 aliphatic heterocycles. The van der Waals surface area contributed by atoms with E-state index in [4.69, 9.17) is 4.74 Å². The summed E-state index contributed by atoms with van der Waals surface area (Å²) >= 11 is 0. The number of hydrogen-bond acceptors (Lipinski definition) is 7. The van der Waals surface area contributed by atoms with Crippen molar-refractivity contribution in [1.82, 2.24) is 19.9 Å². The molecular weight excluding hydrogens is 508 g/mol. The van der Waals surface area contributed by atoms with Gasteiger partial charge in [0, 0.05) is 18.8 Å². The van der Waals surface area contributed by atoms with Gasteiger partial charge in [0.1, 0.15) is 11.6 Å². The lowest BCUT2D eigenvalue weighted by Gasteiger charge is -2.37. The molecule has 2 aliphatic rings. The Morgan fingerprint density at radius 1 is 1.21 bits per heavy atom. The number of β-amino-alcohol motifs (C(OH)–C–C–N with tert-alkyl or cyclic N) is 1. The summed E-state index contributed by atoms with van der Waals surface area (Å²) < 4.78 is 33.1. The molecule has 0 radical (unpaired) electrons. The topological polar surface area (TPSA) is 138 Å². The van der Waals surface area contributed by atoms with Crippen LogP contribution in [0.15, 0.2) is 29.4 Å². The number of aliphatic hydroxyl groups excluding tert-OH is 1. The molecule has 0 bridgehead atoms. The van der Waals surface area contributed by atoms with Crippen LogP contribution in [0.3, 0.4) is 0 Å². The summed E-state index contributed by atoms with van der Waals surface area (Å²) in [6.45, 7) is 9.04. The molecule has 2 fully saturated rings. The van der Waals surface area contributed by atoms with Crippen molar-refractivity contribution in [1.29, 1.82) is 0 Å². The van der Waals surface area contributed by atoms with Crippen LogP contribution in [0.1, 0.15) is 86.0 Å². The number of aromatic nitrogens is 1. The normalized spacial score (nSPS) is 25.6. The van der Waals surface area contributed by atoms with Gasteiger partial charge in [-0.1, -0.05) is 32.3 Å². The van der Waals surface area contributed by atoms with Crippen molar-refractivity contribution in [2.45, 2.75) is 121 Å². The molecule has 1 saturated carbocycles. The molecule has 1 saturated heterocycles. The molecule has 4 atom stereocenters. The van der Waals surface area contributed by atoms with Gasteiger partial charge in [0.05, 0.1) is 12.1 Å². The van der Waals surface area contributed by atoms with Gasteiger partial charge in [-0.15, -0.1) is 0 Å². The van der Waals surface area contributed by atoms with Gasteiger partial charge in [-0.05, 0) is 77.3 Å². The molecule has 3 N–H and O–H groups in total. The fraction of sp³-hybridized carbons (Fsp3) is 0.741. The van der Waals surface area contributed by atoms with E-state index in [0.29, 0.717) is 19.3 Å². The van der Waals surface area contributed by atoms with Crippen LogP contribution in [0.5, 0.6) is 0 Å². The van der Waals surface area contributed by atoms with Crippen molar-refractivity contribution in [3.05, 3.63) is 24.4 Å². The van der Waals surface area contributed by atoms with Gasteiger partial charge in [-0.2, -0.15) is 4.31 Å². The minimum atomic E-state index is -3.92. The van der Waals surface area contributed by atoms with Crippen LogP contribution in [0.25, 0.3) is 0 Å². The highest BCUT2D eigenvalue weighted by molar-refractivity contribution is 7.89. The van der Waals surface area contributed by atoms with Crippen LogP contribution in [0, 0.1) is 5.41 Å². The van der Waals surface area contributed by atoms with Gasteiger partial charge in [0.25, 0.3) is 10.0 Å². The van der Waals surface area contributed by atoms with E-state index in [9.17, 15) is 23.1 Å². The predicted molar refractivity (Wildman–Crippen MR) is 144 cm³/mol. The fourth-order valence-corrected chi connectivity index (χ4v) is 7.03. The zero-order valence-corrected chi connectivity index (χ0v) is 24.1. The lowest BCUT2D eigenvalue weighted by molar-refractivity contribution is -0.125. The summed E-state index contributed by atoms with van der Waals surface area (Å²) in [6.07, 6.45) is 6.17. The van der Waals surface area contributed by atoms with Gasteiger partial charge >= 0.3 is 6.09 Å². The number of alkyl carbamates (subject to hydrolysis) is 1. The maximum Gasteiger partial charge on any atom is 0.408 e. The number of nitrogens with one attached hydrogen (secondary N) is 2. The van der Waals surface area contributed by atoms with E-state index < -0.39 is 51.9 Å². The monoisotopic (exact) mass is 552 g/mol. The average Bonchev–Trinajstić information content (AvgIpc) is 2.97. The van der Waals surface area contributed by atoms with Crippen LogP contribution in [-0.2, 0) is 19.6 Å². The van der Waals surface area contributed by atoms with Crippen molar-refractivity contribution in [3.8, 4) is 0 Å². The van der Waals surface area contributed by atoms with Crippen LogP contribution < -0.4 is 10.6 Å². The first-order valence-electron chi connectivity index (χ1n) is 13.6. The molecule has 38 heavy (non-hydrogen) atoms. The van der Waals surface area contributed by atoms with E-state index in [1.807, 2.05) is 0 Å². The molecule has 10 nitrogen and oxygen atoms in total. The third kappa shape index (κ3) is 8.13. The number of ether oxygens (including phenoxy) is 1. The van der Waals surface area contributed by atoms with Crippen molar-refractivity contribution in [3.63, 3.8) is 0 Å². The molecule has 1 aromatic rings. The molecule has 0 spiro atoms. The van der Waals surface area contributed by atoms with E-state index in [0.717, 1.165) is 32.1 Å². The minimum absolute atomic E-state index is 0.0797. The SMILES string of the molecule is C[C@@H]1CC[C@H](NC(=O)C(CC2(C)CCCCC2)NC(=O)OC(C)(C)C)[C@@H](O)CN1S(=O)(=O)c1ccccn1. The van der Waals surface area contributed by atoms with Crippen molar-refractivity contribution < 1.29 is 27.9 Å². The number of sulfonamides is 1. The van der Waals surface area contributed by atoms with Gasteiger partial charge in [-0.3, -0.25) is 4.79 Å². The first-order valence-corrected chi connectivity index (χ1v) is 15.1. The number of rotatable bonds is 7. The Labute approximate surface area is 227 Å². The molecule has 3 rings (SSSR count). The maximum absolute atomic E-state index is 13.5. The maximum atomic E-state index is 13.5. The molecule has 2 heterocycles. The third-order valence-electron chi connectivity index (χ3n) is 7.52.